The maximum absolute atomic E-state index is 6.36. The number of ether oxygens (including phenoxy) is 3. The maximum atomic E-state index is 6.36. The third-order valence-electron chi connectivity index (χ3n) is 5.38. The molecule has 0 N–H and O–H groups in total. The lowest BCUT2D eigenvalue weighted by molar-refractivity contribution is -0.0989. The van der Waals surface area contributed by atoms with Crippen molar-refractivity contribution >= 4 is 11.3 Å². The highest BCUT2D eigenvalue weighted by atomic mass is 32.1. The number of hydrogen-bond acceptors (Lipinski definition) is 6. The molecule has 1 fully saturated rings. The van der Waals surface area contributed by atoms with Crippen LogP contribution in [0.4, 0.5) is 0 Å². The van der Waals surface area contributed by atoms with Crippen molar-refractivity contribution in [3.05, 3.63) is 39.8 Å². The Morgan fingerprint density at radius 2 is 1.96 bits per heavy atom. The van der Waals surface area contributed by atoms with E-state index in [0.717, 1.165) is 57.0 Å². The monoisotopic (exact) mass is 360 g/mol. The van der Waals surface area contributed by atoms with Gasteiger partial charge in [0.2, 0.25) is 0 Å². The Labute approximate surface area is 152 Å². The van der Waals surface area contributed by atoms with Crippen LogP contribution in [0.1, 0.15) is 28.8 Å². The molecule has 1 spiro atoms. The molecular formula is C19H24N2O3S. The zero-order valence-corrected chi connectivity index (χ0v) is 15.6. The zero-order valence-electron chi connectivity index (χ0n) is 14.8. The molecule has 2 aliphatic rings. The highest BCUT2D eigenvalue weighted by Crippen LogP contribution is 2.45. The molecular weight excluding hydrogens is 336 g/mol. The summed E-state index contributed by atoms with van der Waals surface area (Å²) in [6, 6.07) is 4.26. The number of likely N-dealkylation sites (tertiary alicyclic amines) is 1. The van der Waals surface area contributed by atoms with Crippen molar-refractivity contribution in [1.82, 2.24) is 9.88 Å². The van der Waals surface area contributed by atoms with E-state index in [2.05, 4.69) is 22.0 Å². The third kappa shape index (κ3) is 3.14. The molecule has 0 bridgehead atoms. The van der Waals surface area contributed by atoms with E-state index in [0.29, 0.717) is 0 Å². The van der Waals surface area contributed by atoms with Gasteiger partial charge in [0.25, 0.3) is 0 Å². The van der Waals surface area contributed by atoms with Gasteiger partial charge in [-0.15, -0.1) is 11.3 Å². The fourth-order valence-electron chi connectivity index (χ4n) is 4.01. The first-order valence-corrected chi connectivity index (χ1v) is 9.61. The van der Waals surface area contributed by atoms with Crippen LogP contribution in [0.25, 0.3) is 0 Å². The molecule has 1 aromatic heterocycles. The van der Waals surface area contributed by atoms with E-state index in [1.165, 1.54) is 16.0 Å². The van der Waals surface area contributed by atoms with Crippen molar-refractivity contribution in [2.24, 2.45) is 0 Å². The van der Waals surface area contributed by atoms with Gasteiger partial charge in [0, 0.05) is 30.7 Å². The van der Waals surface area contributed by atoms with Crippen molar-refractivity contribution in [1.29, 1.82) is 0 Å². The molecule has 134 valence electrons. The Bertz CT molecular complexity index is 725. The Kier molecular flexibility index (Phi) is 4.67. The number of hydrogen-bond donors (Lipinski definition) is 0. The number of aromatic nitrogens is 1. The minimum Gasteiger partial charge on any atom is -0.493 e. The van der Waals surface area contributed by atoms with E-state index < -0.39 is 0 Å². The van der Waals surface area contributed by atoms with Crippen LogP contribution in [0.2, 0.25) is 0 Å². The van der Waals surface area contributed by atoms with Gasteiger partial charge >= 0.3 is 0 Å². The second kappa shape index (κ2) is 6.94. The van der Waals surface area contributed by atoms with Gasteiger partial charge in [-0.25, -0.2) is 0 Å². The van der Waals surface area contributed by atoms with Crippen molar-refractivity contribution in [2.75, 3.05) is 33.9 Å². The molecule has 0 atom stereocenters. The Hall–Kier alpha value is -1.63. The average Bonchev–Trinajstić information content (AvgIpc) is 3.16. The van der Waals surface area contributed by atoms with E-state index in [-0.39, 0.29) is 5.60 Å². The Balaban J connectivity index is 1.56. The summed E-state index contributed by atoms with van der Waals surface area (Å²) in [7, 11) is 3.38. The van der Waals surface area contributed by atoms with Crippen molar-refractivity contribution < 1.29 is 14.2 Å². The summed E-state index contributed by atoms with van der Waals surface area (Å²) in [6.45, 7) is 3.83. The fraction of sp³-hybridized carbons (Fsp3) is 0.526. The predicted molar refractivity (Wildman–Crippen MR) is 97.5 cm³/mol. The van der Waals surface area contributed by atoms with Crippen LogP contribution >= 0.6 is 11.3 Å². The highest BCUT2D eigenvalue weighted by molar-refractivity contribution is 7.09. The molecule has 5 nitrogen and oxygen atoms in total. The third-order valence-corrected chi connectivity index (χ3v) is 6.14. The normalized spacial score (nSPS) is 19.6. The average molecular weight is 360 g/mol. The van der Waals surface area contributed by atoms with Gasteiger partial charge in [-0.1, -0.05) is 0 Å². The molecule has 2 aliphatic heterocycles. The van der Waals surface area contributed by atoms with Crippen LogP contribution < -0.4 is 9.47 Å². The largest absolute Gasteiger partial charge is 0.493 e. The summed E-state index contributed by atoms with van der Waals surface area (Å²) in [5.41, 5.74) is 4.34. The molecule has 0 aliphatic carbocycles. The maximum Gasteiger partial charge on any atom is 0.161 e. The van der Waals surface area contributed by atoms with Crippen LogP contribution in [-0.2, 0) is 23.3 Å². The first kappa shape index (κ1) is 16.8. The van der Waals surface area contributed by atoms with Crippen molar-refractivity contribution in [3.8, 4) is 11.5 Å². The number of piperidine rings is 1. The summed E-state index contributed by atoms with van der Waals surface area (Å²) < 4.78 is 17.4. The van der Waals surface area contributed by atoms with Crippen LogP contribution in [0.3, 0.4) is 0 Å². The molecule has 3 heterocycles. The summed E-state index contributed by atoms with van der Waals surface area (Å²) in [5, 5.41) is 0. The van der Waals surface area contributed by atoms with Gasteiger partial charge in [0.05, 0.1) is 31.9 Å². The van der Waals surface area contributed by atoms with Gasteiger partial charge in [0.15, 0.2) is 11.5 Å². The zero-order chi connectivity index (χ0) is 17.3. The van der Waals surface area contributed by atoms with Gasteiger partial charge in [-0.05, 0) is 42.5 Å². The van der Waals surface area contributed by atoms with Crippen molar-refractivity contribution in [3.63, 3.8) is 0 Å². The van der Waals surface area contributed by atoms with Gasteiger partial charge in [0.1, 0.15) is 0 Å². The summed E-state index contributed by atoms with van der Waals surface area (Å²) >= 11 is 1.73. The van der Waals surface area contributed by atoms with Crippen LogP contribution in [-0.4, -0.2) is 43.8 Å². The second-order valence-electron chi connectivity index (χ2n) is 6.70. The molecule has 0 radical (unpaired) electrons. The smallest absolute Gasteiger partial charge is 0.161 e. The van der Waals surface area contributed by atoms with Crippen LogP contribution in [0, 0.1) is 0 Å². The summed E-state index contributed by atoms with van der Waals surface area (Å²) in [4.78, 5) is 8.00. The molecule has 0 unspecified atom stereocenters. The summed E-state index contributed by atoms with van der Waals surface area (Å²) in [5.74, 6) is 1.60. The van der Waals surface area contributed by atoms with Crippen molar-refractivity contribution in [2.45, 2.75) is 31.4 Å². The molecule has 1 aromatic carbocycles. The molecule has 0 amide bonds. The second-order valence-corrected chi connectivity index (χ2v) is 7.67. The van der Waals surface area contributed by atoms with Gasteiger partial charge in [-0.3, -0.25) is 9.88 Å². The lowest BCUT2D eigenvalue weighted by Gasteiger charge is -2.45. The molecule has 25 heavy (non-hydrogen) atoms. The molecule has 1 saturated heterocycles. The fourth-order valence-corrected chi connectivity index (χ4v) is 4.65. The quantitative estimate of drug-likeness (QED) is 0.838. The predicted octanol–water partition coefficient (Wildman–Crippen LogP) is 3.22. The number of rotatable bonds is 4. The van der Waals surface area contributed by atoms with Gasteiger partial charge < -0.3 is 14.2 Å². The molecule has 6 heteroatoms. The Morgan fingerprint density at radius 1 is 1.20 bits per heavy atom. The van der Waals surface area contributed by atoms with Crippen LogP contribution in [0.5, 0.6) is 11.5 Å². The van der Waals surface area contributed by atoms with E-state index in [9.17, 15) is 0 Å². The van der Waals surface area contributed by atoms with E-state index in [1.807, 2.05) is 11.7 Å². The topological polar surface area (TPSA) is 43.8 Å². The van der Waals surface area contributed by atoms with E-state index >= 15 is 0 Å². The minimum atomic E-state index is -0.183. The highest BCUT2D eigenvalue weighted by Gasteiger charge is 2.41. The number of benzene rings is 1. The lowest BCUT2D eigenvalue weighted by Crippen LogP contribution is -2.46. The first-order chi connectivity index (χ1) is 12.2. The lowest BCUT2D eigenvalue weighted by atomic mass is 9.79. The standard InChI is InChI=1S/C19H24N2O3S/c1-22-17-9-14-3-8-24-19(16(14)10-18(17)23-2)4-6-21(7-5-19)12-15-11-20-13-25-15/h9-11,13H,3-8,12H2,1-2H3. The molecule has 4 rings (SSSR count). The first-order valence-electron chi connectivity index (χ1n) is 8.73. The minimum absolute atomic E-state index is 0.183. The number of methoxy groups -OCH3 is 2. The van der Waals surface area contributed by atoms with Gasteiger partial charge in [-0.2, -0.15) is 0 Å². The number of fused-ring (bicyclic) bond motifs is 2. The van der Waals surface area contributed by atoms with Crippen LogP contribution in [0.15, 0.2) is 23.8 Å². The Morgan fingerprint density at radius 3 is 2.64 bits per heavy atom. The number of thiazole rings is 1. The van der Waals surface area contributed by atoms with E-state index in [1.54, 1.807) is 25.6 Å². The SMILES string of the molecule is COc1cc2c(cc1OC)C1(CCN(Cc3cncs3)CC1)OCC2. The summed E-state index contributed by atoms with van der Waals surface area (Å²) in [6.07, 6.45) is 4.92. The van der Waals surface area contributed by atoms with E-state index in [4.69, 9.17) is 14.2 Å². The molecule has 0 saturated carbocycles. The number of nitrogens with zero attached hydrogens (tertiary/aromatic N) is 2. The molecule has 2 aromatic rings.